The molecule has 1 aromatic heterocycles. The largest absolute Gasteiger partial charge is 0.152 e. The van der Waals surface area contributed by atoms with E-state index in [1.165, 1.54) is 11.1 Å². The third-order valence-electron chi connectivity index (χ3n) is 1.71. The fourth-order valence-corrected chi connectivity index (χ4v) is 1.61. The Morgan fingerprint density at radius 1 is 1.58 bits per heavy atom. The summed E-state index contributed by atoms with van der Waals surface area (Å²) in [5.74, 6) is 0. The van der Waals surface area contributed by atoms with Crippen molar-refractivity contribution in [1.82, 2.24) is 0 Å². The highest BCUT2D eigenvalue weighted by Crippen LogP contribution is 2.22. The molecule has 0 saturated carbocycles. The van der Waals surface area contributed by atoms with Crippen LogP contribution in [0.4, 0.5) is 0 Å². The van der Waals surface area contributed by atoms with Gasteiger partial charge >= 0.3 is 0 Å². The highest BCUT2D eigenvalue weighted by molar-refractivity contribution is 7.08. The molecule has 0 fully saturated rings. The molecule has 12 heavy (non-hydrogen) atoms. The van der Waals surface area contributed by atoms with E-state index in [9.17, 15) is 0 Å². The van der Waals surface area contributed by atoms with E-state index in [0.29, 0.717) is 0 Å². The van der Waals surface area contributed by atoms with E-state index in [4.69, 9.17) is 0 Å². The van der Waals surface area contributed by atoms with Gasteiger partial charge in [0.25, 0.3) is 0 Å². The number of thiophene rings is 1. The minimum absolute atomic E-state index is 1.08. The van der Waals surface area contributed by atoms with Crippen molar-refractivity contribution in [3.8, 4) is 0 Å². The molecule has 0 nitrogen and oxygen atoms in total. The molecular formula is C11H12S. The second-order valence-electron chi connectivity index (χ2n) is 2.58. The van der Waals surface area contributed by atoms with Gasteiger partial charge in [-0.15, -0.1) is 0 Å². The summed E-state index contributed by atoms with van der Waals surface area (Å²) in [7, 11) is 0. The molecule has 0 amide bonds. The standard InChI is InChI=1S/C11H12S/c1-4-5-9(2)10(3)11-6-7-12-8-11/h4-8H,1,3H2,2H3/b9-5-. The molecule has 62 valence electrons. The van der Waals surface area contributed by atoms with Gasteiger partial charge in [-0.05, 0) is 40.5 Å². The summed E-state index contributed by atoms with van der Waals surface area (Å²) in [6.07, 6.45) is 3.76. The maximum absolute atomic E-state index is 4.01. The molecule has 0 atom stereocenters. The Bertz CT molecular complexity index is 302. The lowest BCUT2D eigenvalue weighted by Crippen LogP contribution is -1.79. The van der Waals surface area contributed by atoms with Crippen molar-refractivity contribution in [2.24, 2.45) is 0 Å². The predicted octanol–water partition coefficient (Wildman–Crippen LogP) is 3.89. The first kappa shape index (κ1) is 9.01. The molecule has 0 aliphatic heterocycles. The van der Waals surface area contributed by atoms with Crippen LogP contribution in [0.1, 0.15) is 12.5 Å². The summed E-state index contributed by atoms with van der Waals surface area (Å²) in [6.45, 7) is 9.70. The van der Waals surface area contributed by atoms with Crippen LogP contribution in [0.5, 0.6) is 0 Å². The van der Waals surface area contributed by atoms with Gasteiger partial charge in [-0.3, -0.25) is 0 Å². The lowest BCUT2D eigenvalue weighted by molar-refractivity contribution is 1.53. The molecule has 0 N–H and O–H groups in total. The average molecular weight is 176 g/mol. The Balaban J connectivity index is 2.86. The lowest BCUT2D eigenvalue weighted by Gasteiger charge is -2.01. The average Bonchev–Trinajstić information content (AvgIpc) is 2.55. The van der Waals surface area contributed by atoms with Crippen LogP contribution < -0.4 is 0 Å². The van der Waals surface area contributed by atoms with Crippen LogP contribution in [-0.4, -0.2) is 0 Å². The molecule has 1 rings (SSSR count). The summed E-state index contributed by atoms with van der Waals surface area (Å²) in [4.78, 5) is 0. The molecule has 1 heteroatoms. The predicted molar refractivity (Wildman–Crippen MR) is 57.3 cm³/mol. The van der Waals surface area contributed by atoms with Gasteiger partial charge in [0.15, 0.2) is 0 Å². The van der Waals surface area contributed by atoms with Gasteiger partial charge in [0.1, 0.15) is 0 Å². The first-order chi connectivity index (χ1) is 5.75. The minimum atomic E-state index is 1.08. The highest BCUT2D eigenvalue weighted by Gasteiger charge is 1.99. The van der Waals surface area contributed by atoms with Crippen molar-refractivity contribution in [3.05, 3.63) is 53.3 Å². The van der Waals surface area contributed by atoms with Gasteiger partial charge in [-0.2, -0.15) is 11.3 Å². The molecule has 0 bridgehead atoms. The van der Waals surface area contributed by atoms with Crippen LogP contribution in [0.2, 0.25) is 0 Å². The number of allylic oxidation sites excluding steroid dienone is 4. The number of hydrogen-bond acceptors (Lipinski definition) is 1. The van der Waals surface area contributed by atoms with Crippen LogP contribution in [0.3, 0.4) is 0 Å². The van der Waals surface area contributed by atoms with E-state index in [2.05, 4.69) is 30.0 Å². The zero-order chi connectivity index (χ0) is 8.97. The van der Waals surface area contributed by atoms with Crippen molar-refractivity contribution < 1.29 is 0 Å². The van der Waals surface area contributed by atoms with E-state index in [1.807, 2.05) is 13.0 Å². The van der Waals surface area contributed by atoms with Crippen LogP contribution in [0.25, 0.3) is 5.57 Å². The topological polar surface area (TPSA) is 0 Å². The summed E-state index contributed by atoms with van der Waals surface area (Å²) < 4.78 is 0. The summed E-state index contributed by atoms with van der Waals surface area (Å²) in [6, 6.07) is 2.08. The van der Waals surface area contributed by atoms with Crippen molar-refractivity contribution in [3.63, 3.8) is 0 Å². The van der Waals surface area contributed by atoms with E-state index in [0.717, 1.165) is 5.57 Å². The zero-order valence-electron chi connectivity index (χ0n) is 7.21. The van der Waals surface area contributed by atoms with Crippen LogP contribution >= 0.6 is 11.3 Å². The highest BCUT2D eigenvalue weighted by atomic mass is 32.1. The minimum Gasteiger partial charge on any atom is -0.152 e. The van der Waals surface area contributed by atoms with E-state index in [-0.39, 0.29) is 0 Å². The van der Waals surface area contributed by atoms with E-state index in [1.54, 1.807) is 17.4 Å². The fraction of sp³-hybridized carbons (Fsp3) is 0.0909. The van der Waals surface area contributed by atoms with Gasteiger partial charge in [-0.25, -0.2) is 0 Å². The second kappa shape index (κ2) is 4.07. The molecule has 0 spiro atoms. The van der Waals surface area contributed by atoms with Crippen molar-refractivity contribution in [1.29, 1.82) is 0 Å². The summed E-state index contributed by atoms with van der Waals surface area (Å²) in [5.41, 5.74) is 3.45. The molecule has 0 aliphatic carbocycles. The molecule has 0 radical (unpaired) electrons. The van der Waals surface area contributed by atoms with Gasteiger partial charge < -0.3 is 0 Å². The molecule has 0 unspecified atom stereocenters. The molecule has 0 aromatic carbocycles. The maximum atomic E-state index is 4.01. The van der Waals surface area contributed by atoms with Crippen molar-refractivity contribution >= 4 is 16.9 Å². The quantitative estimate of drug-likeness (QED) is 0.613. The fourth-order valence-electron chi connectivity index (χ4n) is 0.941. The SMILES string of the molecule is C=C/C=C(/C)C(=C)c1ccsc1. The zero-order valence-corrected chi connectivity index (χ0v) is 8.03. The van der Waals surface area contributed by atoms with Crippen LogP contribution in [0.15, 0.2) is 47.7 Å². The molecular weight excluding hydrogens is 164 g/mol. The van der Waals surface area contributed by atoms with Crippen molar-refractivity contribution in [2.45, 2.75) is 6.92 Å². The Hall–Kier alpha value is -1.08. The Morgan fingerprint density at radius 2 is 2.33 bits per heavy atom. The molecule has 0 aliphatic rings. The number of rotatable bonds is 3. The van der Waals surface area contributed by atoms with E-state index >= 15 is 0 Å². The summed E-state index contributed by atoms with van der Waals surface area (Å²) in [5, 5.41) is 4.16. The van der Waals surface area contributed by atoms with Crippen molar-refractivity contribution in [2.75, 3.05) is 0 Å². The Morgan fingerprint density at radius 3 is 2.83 bits per heavy atom. The normalized spacial score (nSPS) is 11.2. The maximum Gasteiger partial charge on any atom is -0.00148 e. The third kappa shape index (κ3) is 1.95. The lowest BCUT2D eigenvalue weighted by atomic mass is 10.0. The van der Waals surface area contributed by atoms with Crippen LogP contribution in [0, 0.1) is 0 Å². The monoisotopic (exact) mass is 176 g/mol. The Kier molecular flexibility index (Phi) is 3.06. The van der Waals surface area contributed by atoms with E-state index < -0.39 is 0 Å². The van der Waals surface area contributed by atoms with Crippen LogP contribution in [-0.2, 0) is 0 Å². The number of hydrogen-bond donors (Lipinski definition) is 0. The third-order valence-corrected chi connectivity index (χ3v) is 2.40. The smallest absolute Gasteiger partial charge is 0.00148 e. The first-order valence-electron chi connectivity index (χ1n) is 3.77. The molecule has 1 aromatic rings. The van der Waals surface area contributed by atoms with Gasteiger partial charge in [0.05, 0.1) is 0 Å². The van der Waals surface area contributed by atoms with Gasteiger partial charge in [-0.1, -0.05) is 25.3 Å². The van der Waals surface area contributed by atoms with Gasteiger partial charge in [0, 0.05) is 0 Å². The second-order valence-corrected chi connectivity index (χ2v) is 3.36. The Labute approximate surface area is 77.6 Å². The molecule has 0 saturated heterocycles. The molecule has 1 heterocycles. The first-order valence-corrected chi connectivity index (χ1v) is 4.71. The summed E-state index contributed by atoms with van der Waals surface area (Å²) >= 11 is 1.69. The van der Waals surface area contributed by atoms with Gasteiger partial charge in [0.2, 0.25) is 0 Å².